The maximum Gasteiger partial charge on any atom is 0.225 e. The lowest BCUT2D eigenvalue weighted by Gasteiger charge is -2.26. The van der Waals surface area contributed by atoms with Crippen LogP contribution in [-0.4, -0.2) is 25.7 Å². The van der Waals surface area contributed by atoms with Gasteiger partial charge in [0.25, 0.3) is 0 Å². The average Bonchev–Trinajstić information content (AvgIpc) is 3.36. The number of carbonyl (C=O) groups excluding carboxylic acids is 1. The standard InChI is InChI=1S/C24H19ClFN3O2/c25-16-8-9-22(30)18(12-16)24-17-5-2-1-4-15(17)14-28(24)23(31)10-11-29-21-7-3-6-20(26)19(21)13-27-29/h1-9,12-13,24,30H,10-11,14H2. The topological polar surface area (TPSA) is 58.4 Å². The number of rotatable bonds is 4. The number of hydrogen-bond donors (Lipinski definition) is 1. The molecule has 31 heavy (non-hydrogen) atoms. The predicted molar refractivity (Wildman–Crippen MR) is 116 cm³/mol. The van der Waals surface area contributed by atoms with Crippen LogP contribution in [0.4, 0.5) is 4.39 Å². The van der Waals surface area contributed by atoms with Crippen LogP contribution in [-0.2, 0) is 17.9 Å². The van der Waals surface area contributed by atoms with Gasteiger partial charge in [-0.05, 0) is 41.5 Å². The number of aromatic hydroxyl groups is 1. The molecule has 1 aliphatic rings. The molecule has 1 atom stereocenters. The monoisotopic (exact) mass is 435 g/mol. The van der Waals surface area contributed by atoms with E-state index in [0.717, 1.165) is 11.1 Å². The highest BCUT2D eigenvalue weighted by atomic mass is 35.5. The van der Waals surface area contributed by atoms with Crippen LogP contribution < -0.4 is 0 Å². The number of fused-ring (bicyclic) bond motifs is 2. The number of halogens is 2. The Hall–Kier alpha value is -3.38. The van der Waals surface area contributed by atoms with Gasteiger partial charge in [0.05, 0.1) is 29.7 Å². The molecule has 4 aromatic rings. The van der Waals surface area contributed by atoms with Gasteiger partial charge < -0.3 is 10.0 Å². The normalized spacial score (nSPS) is 15.4. The number of benzene rings is 3. The molecule has 5 rings (SSSR count). The van der Waals surface area contributed by atoms with Crippen molar-refractivity contribution in [1.82, 2.24) is 14.7 Å². The summed E-state index contributed by atoms with van der Waals surface area (Å²) in [5.41, 5.74) is 3.26. The fourth-order valence-corrected chi connectivity index (χ4v) is 4.47. The van der Waals surface area contributed by atoms with E-state index in [4.69, 9.17) is 11.6 Å². The molecule has 0 bridgehead atoms. The Kier molecular flexibility index (Phi) is 4.87. The van der Waals surface area contributed by atoms with E-state index in [2.05, 4.69) is 5.10 Å². The van der Waals surface area contributed by atoms with Crippen LogP contribution in [0.5, 0.6) is 5.75 Å². The number of aryl methyl sites for hydroxylation is 1. The summed E-state index contributed by atoms with van der Waals surface area (Å²) in [6, 6.07) is 17.1. The fraction of sp³-hybridized carbons (Fsp3) is 0.167. The minimum atomic E-state index is -0.422. The molecule has 0 saturated carbocycles. The van der Waals surface area contributed by atoms with Crippen molar-refractivity contribution in [2.45, 2.75) is 25.6 Å². The molecular weight excluding hydrogens is 417 g/mol. The summed E-state index contributed by atoms with van der Waals surface area (Å²) in [7, 11) is 0. The third-order valence-corrected chi connectivity index (χ3v) is 6.01. The second-order valence-corrected chi connectivity index (χ2v) is 8.05. The molecule has 1 N–H and O–H groups in total. The minimum absolute atomic E-state index is 0.0828. The molecule has 1 unspecified atom stereocenters. The molecule has 0 spiro atoms. The summed E-state index contributed by atoms with van der Waals surface area (Å²) in [6.45, 7) is 0.771. The van der Waals surface area contributed by atoms with E-state index in [9.17, 15) is 14.3 Å². The van der Waals surface area contributed by atoms with E-state index >= 15 is 0 Å². The van der Waals surface area contributed by atoms with Gasteiger partial charge in [-0.1, -0.05) is 41.9 Å². The Balaban J connectivity index is 1.44. The van der Waals surface area contributed by atoms with Gasteiger partial charge in [0.2, 0.25) is 5.91 Å². The number of phenols is 1. The van der Waals surface area contributed by atoms with Crippen molar-refractivity contribution in [2.75, 3.05) is 0 Å². The summed E-state index contributed by atoms with van der Waals surface area (Å²) >= 11 is 6.19. The Labute approximate surface area is 183 Å². The second-order valence-electron chi connectivity index (χ2n) is 7.62. The number of phenolic OH excluding ortho intramolecular Hbond substituents is 1. The molecule has 1 aromatic heterocycles. The van der Waals surface area contributed by atoms with Crippen molar-refractivity contribution in [3.63, 3.8) is 0 Å². The first kappa shape index (κ1) is 19.6. The second kappa shape index (κ2) is 7.71. The number of hydrogen-bond acceptors (Lipinski definition) is 3. The van der Waals surface area contributed by atoms with Gasteiger partial charge in [0.1, 0.15) is 11.6 Å². The lowest BCUT2D eigenvalue weighted by molar-refractivity contribution is -0.133. The van der Waals surface area contributed by atoms with Crippen LogP contribution in [0.3, 0.4) is 0 Å². The van der Waals surface area contributed by atoms with Crippen LogP contribution in [0.1, 0.15) is 29.2 Å². The Bertz CT molecular complexity index is 1300. The molecule has 0 radical (unpaired) electrons. The fourth-order valence-electron chi connectivity index (χ4n) is 4.29. The molecule has 5 nitrogen and oxygen atoms in total. The van der Waals surface area contributed by atoms with Crippen LogP contribution in [0.2, 0.25) is 5.02 Å². The van der Waals surface area contributed by atoms with Crippen LogP contribution >= 0.6 is 11.6 Å². The highest BCUT2D eigenvalue weighted by molar-refractivity contribution is 6.30. The number of carbonyl (C=O) groups is 1. The maximum absolute atomic E-state index is 13.9. The maximum atomic E-state index is 13.9. The van der Waals surface area contributed by atoms with Crippen molar-refractivity contribution >= 4 is 28.4 Å². The van der Waals surface area contributed by atoms with Gasteiger partial charge in [0.15, 0.2) is 0 Å². The smallest absolute Gasteiger partial charge is 0.225 e. The van der Waals surface area contributed by atoms with Crippen molar-refractivity contribution in [2.24, 2.45) is 0 Å². The number of nitrogens with zero attached hydrogens (tertiary/aromatic N) is 3. The molecule has 3 aromatic carbocycles. The Morgan fingerprint density at radius 1 is 1.13 bits per heavy atom. The lowest BCUT2D eigenvalue weighted by Crippen LogP contribution is -2.31. The summed E-state index contributed by atoms with van der Waals surface area (Å²) in [6.07, 6.45) is 1.67. The van der Waals surface area contributed by atoms with E-state index in [0.29, 0.717) is 34.6 Å². The zero-order chi connectivity index (χ0) is 21.5. The zero-order valence-corrected chi connectivity index (χ0v) is 17.3. The van der Waals surface area contributed by atoms with Crippen LogP contribution in [0.25, 0.3) is 10.9 Å². The molecule has 0 aliphatic carbocycles. The van der Waals surface area contributed by atoms with Gasteiger partial charge in [-0.3, -0.25) is 9.48 Å². The van der Waals surface area contributed by atoms with Gasteiger partial charge in [-0.25, -0.2) is 4.39 Å². The summed E-state index contributed by atoms with van der Waals surface area (Å²) < 4.78 is 15.6. The number of aromatic nitrogens is 2. The van der Waals surface area contributed by atoms with Crippen molar-refractivity contribution in [1.29, 1.82) is 0 Å². The van der Waals surface area contributed by atoms with Crippen LogP contribution in [0, 0.1) is 5.82 Å². The average molecular weight is 436 g/mol. The quantitative estimate of drug-likeness (QED) is 0.487. The van der Waals surface area contributed by atoms with E-state index in [1.165, 1.54) is 12.3 Å². The van der Waals surface area contributed by atoms with Gasteiger partial charge in [-0.2, -0.15) is 5.10 Å². The van der Waals surface area contributed by atoms with Crippen molar-refractivity contribution in [3.8, 4) is 5.75 Å². The summed E-state index contributed by atoms with van der Waals surface area (Å²) in [4.78, 5) is 15.0. The first-order valence-corrected chi connectivity index (χ1v) is 10.4. The Morgan fingerprint density at radius 2 is 1.97 bits per heavy atom. The van der Waals surface area contributed by atoms with Gasteiger partial charge in [-0.15, -0.1) is 0 Å². The van der Waals surface area contributed by atoms with Crippen molar-refractivity contribution < 1.29 is 14.3 Å². The molecule has 1 aliphatic heterocycles. The molecule has 1 amide bonds. The molecule has 7 heteroatoms. The van der Waals surface area contributed by atoms with Crippen molar-refractivity contribution in [3.05, 3.63) is 94.4 Å². The highest BCUT2D eigenvalue weighted by Crippen LogP contribution is 2.42. The highest BCUT2D eigenvalue weighted by Gasteiger charge is 2.35. The van der Waals surface area contributed by atoms with E-state index in [1.54, 1.807) is 39.9 Å². The summed E-state index contributed by atoms with van der Waals surface area (Å²) in [5, 5.41) is 15.7. The third-order valence-electron chi connectivity index (χ3n) is 5.78. The van der Waals surface area contributed by atoms with E-state index in [1.807, 2.05) is 24.3 Å². The minimum Gasteiger partial charge on any atom is -0.508 e. The third kappa shape index (κ3) is 3.43. The van der Waals surface area contributed by atoms with E-state index < -0.39 is 6.04 Å². The van der Waals surface area contributed by atoms with E-state index in [-0.39, 0.29) is 23.9 Å². The largest absolute Gasteiger partial charge is 0.508 e. The molecule has 156 valence electrons. The summed E-state index contributed by atoms with van der Waals surface area (Å²) in [5.74, 6) is -0.320. The first-order valence-electron chi connectivity index (χ1n) is 9.98. The van der Waals surface area contributed by atoms with Gasteiger partial charge in [0, 0.05) is 23.6 Å². The zero-order valence-electron chi connectivity index (χ0n) is 16.5. The Morgan fingerprint density at radius 3 is 2.84 bits per heavy atom. The molecule has 0 saturated heterocycles. The SMILES string of the molecule is O=C(CCn1ncc2c(F)cccc21)N1Cc2ccccc2C1c1cc(Cl)ccc1O. The molecule has 2 heterocycles. The van der Waals surface area contributed by atoms with Gasteiger partial charge >= 0.3 is 0 Å². The lowest BCUT2D eigenvalue weighted by atomic mass is 9.97. The first-order chi connectivity index (χ1) is 15.0. The predicted octanol–water partition coefficient (Wildman–Crippen LogP) is 5.06. The van der Waals surface area contributed by atoms with Crippen LogP contribution in [0.15, 0.2) is 66.9 Å². The molecular formula is C24H19ClFN3O2. The number of amides is 1. The molecule has 0 fully saturated rings.